The standard InChI is InChI=1S/C10H18O2/c11-9(8-4-5-8)10(12)6-2-1-3-7-10/h8-9,11-12H,1-7H2. The summed E-state index contributed by atoms with van der Waals surface area (Å²) < 4.78 is 0. The number of aliphatic hydroxyl groups excluding tert-OH is 1. The molecule has 0 saturated heterocycles. The molecule has 2 nitrogen and oxygen atoms in total. The molecule has 0 amide bonds. The van der Waals surface area contributed by atoms with Crippen LogP contribution in [-0.4, -0.2) is 21.9 Å². The Morgan fingerprint density at radius 1 is 1.08 bits per heavy atom. The molecule has 2 heteroatoms. The first-order chi connectivity index (χ1) is 5.72. The summed E-state index contributed by atoms with van der Waals surface area (Å²) in [5.41, 5.74) is -0.723. The van der Waals surface area contributed by atoms with Gasteiger partial charge in [0.25, 0.3) is 0 Å². The average molecular weight is 170 g/mol. The van der Waals surface area contributed by atoms with E-state index in [2.05, 4.69) is 0 Å². The van der Waals surface area contributed by atoms with Crippen LogP contribution in [0.15, 0.2) is 0 Å². The van der Waals surface area contributed by atoms with Gasteiger partial charge in [0.15, 0.2) is 0 Å². The fraction of sp³-hybridized carbons (Fsp3) is 1.00. The third-order valence-electron chi connectivity index (χ3n) is 3.34. The summed E-state index contributed by atoms with van der Waals surface area (Å²) in [5.74, 6) is 0.410. The summed E-state index contributed by atoms with van der Waals surface area (Å²) in [6.45, 7) is 0. The van der Waals surface area contributed by atoms with E-state index in [1.165, 1.54) is 6.42 Å². The molecule has 1 atom stereocenters. The fourth-order valence-electron chi connectivity index (χ4n) is 2.31. The Kier molecular flexibility index (Phi) is 2.13. The van der Waals surface area contributed by atoms with Crippen molar-refractivity contribution < 1.29 is 10.2 Å². The molecule has 2 saturated carbocycles. The molecular formula is C10H18O2. The van der Waals surface area contributed by atoms with Gasteiger partial charge in [0.05, 0.1) is 11.7 Å². The van der Waals surface area contributed by atoms with Crippen molar-refractivity contribution in [2.24, 2.45) is 5.92 Å². The van der Waals surface area contributed by atoms with Crippen molar-refractivity contribution in [3.8, 4) is 0 Å². The van der Waals surface area contributed by atoms with Gasteiger partial charge in [0.2, 0.25) is 0 Å². The Hall–Kier alpha value is -0.0800. The summed E-state index contributed by atoms with van der Waals surface area (Å²) in [4.78, 5) is 0. The van der Waals surface area contributed by atoms with Crippen LogP contribution in [0.1, 0.15) is 44.9 Å². The molecule has 1 unspecified atom stereocenters. The minimum absolute atomic E-state index is 0.410. The first-order valence-electron chi connectivity index (χ1n) is 5.13. The molecule has 0 spiro atoms. The molecule has 0 aromatic heterocycles. The van der Waals surface area contributed by atoms with Gasteiger partial charge in [0.1, 0.15) is 0 Å². The van der Waals surface area contributed by atoms with E-state index in [0.717, 1.165) is 38.5 Å². The highest BCUT2D eigenvalue weighted by molar-refractivity contribution is 4.96. The van der Waals surface area contributed by atoms with E-state index < -0.39 is 11.7 Å². The highest BCUT2D eigenvalue weighted by Gasteiger charge is 2.44. The Balaban J connectivity index is 1.96. The molecule has 0 radical (unpaired) electrons. The third-order valence-corrected chi connectivity index (χ3v) is 3.34. The highest BCUT2D eigenvalue weighted by atomic mass is 16.3. The number of rotatable bonds is 2. The first kappa shape index (κ1) is 8.52. The second-order valence-corrected chi connectivity index (χ2v) is 4.45. The van der Waals surface area contributed by atoms with Gasteiger partial charge < -0.3 is 10.2 Å². The van der Waals surface area contributed by atoms with Gasteiger partial charge in [-0.15, -0.1) is 0 Å². The lowest BCUT2D eigenvalue weighted by atomic mass is 9.79. The van der Waals surface area contributed by atoms with E-state index in [-0.39, 0.29) is 0 Å². The Labute approximate surface area is 73.6 Å². The van der Waals surface area contributed by atoms with Crippen LogP contribution in [0, 0.1) is 5.92 Å². The molecule has 0 aliphatic heterocycles. The average Bonchev–Trinajstić information content (AvgIpc) is 2.87. The van der Waals surface area contributed by atoms with Crippen LogP contribution in [-0.2, 0) is 0 Å². The van der Waals surface area contributed by atoms with Crippen LogP contribution in [0.5, 0.6) is 0 Å². The quantitative estimate of drug-likeness (QED) is 0.658. The molecule has 2 aliphatic carbocycles. The predicted octanol–water partition coefficient (Wildman–Crippen LogP) is 1.45. The molecule has 2 aliphatic rings. The largest absolute Gasteiger partial charge is 0.390 e. The van der Waals surface area contributed by atoms with E-state index >= 15 is 0 Å². The molecule has 70 valence electrons. The lowest BCUT2D eigenvalue weighted by Gasteiger charge is -2.36. The van der Waals surface area contributed by atoms with Crippen LogP contribution in [0.25, 0.3) is 0 Å². The SMILES string of the molecule is OC(C1CC1)C1(O)CCCCC1. The van der Waals surface area contributed by atoms with Crippen LogP contribution in [0.3, 0.4) is 0 Å². The van der Waals surface area contributed by atoms with Gasteiger partial charge in [-0.25, -0.2) is 0 Å². The van der Waals surface area contributed by atoms with Crippen molar-refractivity contribution in [3.05, 3.63) is 0 Å². The highest BCUT2D eigenvalue weighted by Crippen LogP contribution is 2.42. The zero-order valence-corrected chi connectivity index (χ0v) is 7.50. The minimum Gasteiger partial charge on any atom is -0.390 e. The molecule has 2 N–H and O–H groups in total. The van der Waals surface area contributed by atoms with E-state index in [1.54, 1.807) is 0 Å². The van der Waals surface area contributed by atoms with Gasteiger partial charge in [-0.2, -0.15) is 0 Å². The van der Waals surface area contributed by atoms with Gasteiger partial charge in [-0.3, -0.25) is 0 Å². The Bertz CT molecular complexity index is 157. The molecule has 2 fully saturated rings. The minimum atomic E-state index is -0.723. The third kappa shape index (κ3) is 1.50. The lowest BCUT2D eigenvalue weighted by Crippen LogP contribution is -2.45. The van der Waals surface area contributed by atoms with Gasteiger partial charge >= 0.3 is 0 Å². The summed E-state index contributed by atoms with van der Waals surface area (Å²) in [5, 5.41) is 19.9. The summed E-state index contributed by atoms with van der Waals surface area (Å²) in [6, 6.07) is 0. The van der Waals surface area contributed by atoms with Crippen molar-refractivity contribution in [2.45, 2.75) is 56.7 Å². The Morgan fingerprint density at radius 2 is 1.67 bits per heavy atom. The maximum Gasteiger partial charge on any atom is 0.0908 e. The van der Waals surface area contributed by atoms with E-state index in [9.17, 15) is 10.2 Å². The molecule has 12 heavy (non-hydrogen) atoms. The van der Waals surface area contributed by atoms with Crippen LogP contribution >= 0.6 is 0 Å². The summed E-state index contributed by atoms with van der Waals surface area (Å²) in [7, 11) is 0. The van der Waals surface area contributed by atoms with E-state index in [1.807, 2.05) is 0 Å². The summed E-state index contributed by atoms with van der Waals surface area (Å²) >= 11 is 0. The van der Waals surface area contributed by atoms with E-state index in [0.29, 0.717) is 5.92 Å². The second-order valence-electron chi connectivity index (χ2n) is 4.45. The molecule has 2 rings (SSSR count). The van der Waals surface area contributed by atoms with Crippen molar-refractivity contribution in [3.63, 3.8) is 0 Å². The second kappa shape index (κ2) is 3.00. The fourth-order valence-corrected chi connectivity index (χ4v) is 2.31. The zero-order valence-electron chi connectivity index (χ0n) is 7.50. The number of aliphatic hydroxyl groups is 2. The predicted molar refractivity (Wildman–Crippen MR) is 46.8 cm³/mol. The molecule has 0 bridgehead atoms. The molecule has 0 aromatic rings. The maximum atomic E-state index is 10.1. The first-order valence-corrected chi connectivity index (χ1v) is 5.13. The van der Waals surface area contributed by atoms with Crippen molar-refractivity contribution in [1.82, 2.24) is 0 Å². The molecular weight excluding hydrogens is 152 g/mol. The van der Waals surface area contributed by atoms with Crippen LogP contribution in [0.2, 0.25) is 0 Å². The molecule has 0 heterocycles. The Morgan fingerprint density at radius 3 is 2.17 bits per heavy atom. The van der Waals surface area contributed by atoms with Crippen molar-refractivity contribution in [2.75, 3.05) is 0 Å². The van der Waals surface area contributed by atoms with Crippen molar-refractivity contribution in [1.29, 1.82) is 0 Å². The zero-order chi connectivity index (χ0) is 8.60. The van der Waals surface area contributed by atoms with Gasteiger partial charge in [-0.05, 0) is 31.6 Å². The van der Waals surface area contributed by atoms with Gasteiger partial charge in [-0.1, -0.05) is 19.3 Å². The summed E-state index contributed by atoms with van der Waals surface area (Å²) in [6.07, 6.45) is 6.81. The number of hydrogen-bond donors (Lipinski definition) is 2. The van der Waals surface area contributed by atoms with Gasteiger partial charge in [0, 0.05) is 0 Å². The van der Waals surface area contributed by atoms with Crippen LogP contribution < -0.4 is 0 Å². The normalized spacial score (nSPS) is 31.5. The number of hydrogen-bond acceptors (Lipinski definition) is 2. The maximum absolute atomic E-state index is 10.1. The van der Waals surface area contributed by atoms with Crippen molar-refractivity contribution >= 4 is 0 Å². The molecule has 0 aromatic carbocycles. The van der Waals surface area contributed by atoms with E-state index in [4.69, 9.17) is 0 Å². The lowest BCUT2D eigenvalue weighted by molar-refractivity contribution is -0.105. The smallest absolute Gasteiger partial charge is 0.0908 e. The monoisotopic (exact) mass is 170 g/mol. The topological polar surface area (TPSA) is 40.5 Å². The van der Waals surface area contributed by atoms with Crippen LogP contribution in [0.4, 0.5) is 0 Å².